The average Bonchev–Trinajstić information content (AvgIpc) is 2.96. The van der Waals surface area contributed by atoms with Crippen molar-refractivity contribution in [2.75, 3.05) is 13.1 Å². The number of amides is 1. The first-order valence-corrected chi connectivity index (χ1v) is 9.79. The Balaban J connectivity index is 1.24. The fraction of sp³-hybridized carbons (Fsp3) is 0.667. The van der Waals surface area contributed by atoms with Gasteiger partial charge in [0.05, 0.1) is 5.60 Å². The maximum absolute atomic E-state index is 12.5. The van der Waals surface area contributed by atoms with Crippen LogP contribution in [0.1, 0.15) is 44.6 Å². The van der Waals surface area contributed by atoms with Gasteiger partial charge in [-0.1, -0.05) is 12.1 Å². The van der Waals surface area contributed by atoms with E-state index in [0.29, 0.717) is 18.8 Å². The number of alkyl halides is 2. The molecule has 148 valence electrons. The van der Waals surface area contributed by atoms with Gasteiger partial charge in [0, 0.05) is 24.4 Å². The van der Waals surface area contributed by atoms with Crippen LogP contribution in [0.3, 0.4) is 0 Å². The van der Waals surface area contributed by atoms with Crippen molar-refractivity contribution in [1.29, 1.82) is 0 Å². The Morgan fingerprint density at radius 1 is 1.26 bits per heavy atom. The molecule has 27 heavy (non-hydrogen) atoms. The molecule has 1 spiro atoms. The van der Waals surface area contributed by atoms with E-state index in [1.165, 1.54) is 0 Å². The zero-order valence-electron chi connectivity index (χ0n) is 15.7. The first-order valence-electron chi connectivity index (χ1n) is 9.79. The van der Waals surface area contributed by atoms with Crippen LogP contribution in [0.4, 0.5) is 8.78 Å². The first-order chi connectivity index (χ1) is 12.7. The lowest BCUT2D eigenvalue weighted by Gasteiger charge is -2.52. The third kappa shape index (κ3) is 3.96. The number of ether oxygens (including phenoxy) is 1. The smallest absolute Gasteiger partial charge is 0.387 e. The molecule has 1 atom stereocenters. The summed E-state index contributed by atoms with van der Waals surface area (Å²) in [6, 6.07) is 6.93. The van der Waals surface area contributed by atoms with Crippen molar-refractivity contribution in [3.05, 3.63) is 29.8 Å². The third-order valence-corrected chi connectivity index (χ3v) is 6.56. The van der Waals surface area contributed by atoms with Crippen molar-refractivity contribution in [3.63, 3.8) is 0 Å². The third-order valence-electron chi connectivity index (χ3n) is 6.56. The molecule has 6 heteroatoms. The number of carbonyl (C=O) groups is 1. The van der Waals surface area contributed by atoms with E-state index in [1.54, 1.807) is 19.1 Å². The minimum atomic E-state index is -2.79. The van der Waals surface area contributed by atoms with E-state index < -0.39 is 12.2 Å². The maximum Gasteiger partial charge on any atom is 0.387 e. The predicted octanol–water partition coefficient (Wildman–Crippen LogP) is 3.62. The molecule has 3 aliphatic rings. The Morgan fingerprint density at radius 2 is 1.93 bits per heavy atom. The van der Waals surface area contributed by atoms with E-state index in [2.05, 4.69) is 4.74 Å². The second kappa shape index (κ2) is 6.73. The van der Waals surface area contributed by atoms with Gasteiger partial charge < -0.3 is 14.7 Å². The van der Waals surface area contributed by atoms with E-state index >= 15 is 0 Å². The number of rotatable bonds is 5. The molecule has 1 amide bonds. The zero-order chi connectivity index (χ0) is 19.2. The molecule has 2 aliphatic carbocycles. The Labute approximate surface area is 158 Å². The molecule has 1 N–H and O–H groups in total. The largest absolute Gasteiger partial charge is 0.435 e. The van der Waals surface area contributed by atoms with Gasteiger partial charge in [-0.2, -0.15) is 8.78 Å². The van der Waals surface area contributed by atoms with E-state index in [1.807, 2.05) is 17.0 Å². The number of aliphatic hydroxyl groups is 1. The summed E-state index contributed by atoms with van der Waals surface area (Å²) in [6.07, 6.45) is 5.53. The van der Waals surface area contributed by atoms with Crippen LogP contribution in [0.2, 0.25) is 0 Å². The molecule has 2 saturated carbocycles. The molecule has 1 unspecified atom stereocenters. The highest BCUT2D eigenvalue weighted by Gasteiger charge is 2.52. The molecule has 0 aromatic heterocycles. The van der Waals surface area contributed by atoms with Crippen LogP contribution in [0.15, 0.2) is 24.3 Å². The molecule has 1 aromatic rings. The highest BCUT2D eigenvalue weighted by Crippen LogP contribution is 2.50. The summed E-state index contributed by atoms with van der Waals surface area (Å²) in [6.45, 7) is 0.702. The van der Waals surface area contributed by atoms with Gasteiger partial charge in [-0.15, -0.1) is 0 Å². The van der Waals surface area contributed by atoms with Gasteiger partial charge in [0.25, 0.3) is 0 Å². The fourth-order valence-electron chi connectivity index (χ4n) is 5.28. The zero-order valence-corrected chi connectivity index (χ0v) is 15.7. The molecule has 1 aliphatic heterocycles. The maximum atomic E-state index is 12.5. The van der Waals surface area contributed by atoms with Gasteiger partial charge >= 0.3 is 6.61 Å². The lowest BCUT2D eigenvalue weighted by atomic mass is 9.69. The van der Waals surface area contributed by atoms with Crippen LogP contribution in [-0.2, 0) is 11.2 Å². The van der Waals surface area contributed by atoms with Crippen molar-refractivity contribution in [1.82, 2.24) is 4.90 Å². The number of benzene rings is 1. The number of likely N-dealkylation sites (tertiary alicyclic amines) is 1. The van der Waals surface area contributed by atoms with Crippen LogP contribution in [0, 0.1) is 17.3 Å². The highest BCUT2D eigenvalue weighted by atomic mass is 19.3. The topological polar surface area (TPSA) is 49.8 Å². The minimum absolute atomic E-state index is 0.00326. The van der Waals surface area contributed by atoms with Gasteiger partial charge in [-0.3, -0.25) is 4.79 Å². The first kappa shape index (κ1) is 18.7. The van der Waals surface area contributed by atoms with Crippen LogP contribution >= 0.6 is 0 Å². The SMILES string of the molecule is C[C@]1(O)C[C@@H](C(=O)N2CC3(CCC(Cc4ccc(OC(F)F)cc4)C3)C2)C1. The lowest BCUT2D eigenvalue weighted by Crippen LogP contribution is -2.61. The molecular formula is C21H27F2NO3. The number of halogens is 2. The molecule has 4 rings (SSSR count). The Kier molecular flexibility index (Phi) is 4.65. The van der Waals surface area contributed by atoms with E-state index in [4.69, 9.17) is 0 Å². The molecule has 4 nitrogen and oxygen atoms in total. The summed E-state index contributed by atoms with van der Waals surface area (Å²) in [5.74, 6) is 0.988. The normalized spacial score (nSPS) is 31.7. The average molecular weight is 379 g/mol. The van der Waals surface area contributed by atoms with Gasteiger partial charge in [0.2, 0.25) is 5.91 Å². The number of nitrogens with zero attached hydrogens (tertiary/aromatic N) is 1. The molecule has 3 fully saturated rings. The molecule has 0 radical (unpaired) electrons. The quantitative estimate of drug-likeness (QED) is 0.850. The number of carbonyl (C=O) groups excluding carboxylic acids is 1. The Morgan fingerprint density at radius 3 is 2.52 bits per heavy atom. The van der Waals surface area contributed by atoms with Gasteiger partial charge in [-0.05, 0) is 69.1 Å². The van der Waals surface area contributed by atoms with Crippen LogP contribution in [0.5, 0.6) is 5.75 Å². The summed E-state index contributed by atoms with van der Waals surface area (Å²) >= 11 is 0. The Bertz CT molecular complexity index is 690. The minimum Gasteiger partial charge on any atom is -0.435 e. The summed E-state index contributed by atoms with van der Waals surface area (Å²) in [4.78, 5) is 14.4. The van der Waals surface area contributed by atoms with E-state index in [-0.39, 0.29) is 23.0 Å². The van der Waals surface area contributed by atoms with Gasteiger partial charge in [-0.25, -0.2) is 0 Å². The van der Waals surface area contributed by atoms with Crippen molar-refractivity contribution >= 4 is 5.91 Å². The Hall–Kier alpha value is -1.69. The van der Waals surface area contributed by atoms with Crippen LogP contribution in [-0.4, -0.2) is 41.2 Å². The van der Waals surface area contributed by atoms with Crippen molar-refractivity contribution in [2.24, 2.45) is 17.3 Å². The molecule has 0 bridgehead atoms. The second-order valence-corrected chi connectivity index (χ2v) is 9.13. The molecule has 1 heterocycles. The summed E-state index contributed by atoms with van der Waals surface area (Å²) in [5.41, 5.74) is 0.755. The molecule has 1 aromatic carbocycles. The van der Waals surface area contributed by atoms with Crippen molar-refractivity contribution in [2.45, 2.75) is 57.7 Å². The second-order valence-electron chi connectivity index (χ2n) is 9.13. The number of hydrogen-bond acceptors (Lipinski definition) is 3. The van der Waals surface area contributed by atoms with Crippen molar-refractivity contribution < 1.29 is 23.4 Å². The highest BCUT2D eigenvalue weighted by molar-refractivity contribution is 5.81. The fourth-order valence-corrected chi connectivity index (χ4v) is 5.28. The van der Waals surface area contributed by atoms with E-state index in [0.717, 1.165) is 44.3 Å². The summed E-state index contributed by atoms with van der Waals surface area (Å²) in [7, 11) is 0. The van der Waals surface area contributed by atoms with Gasteiger partial charge in [0.1, 0.15) is 5.75 Å². The summed E-state index contributed by atoms with van der Waals surface area (Å²) < 4.78 is 28.8. The van der Waals surface area contributed by atoms with Crippen LogP contribution in [0.25, 0.3) is 0 Å². The number of hydrogen-bond donors (Lipinski definition) is 1. The molecular weight excluding hydrogens is 352 g/mol. The van der Waals surface area contributed by atoms with Gasteiger partial charge in [0.15, 0.2) is 0 Å². The summed E-state index contributed by atoms with van der Waals surface area (Å²) in [5, 5.41) is 9.83. The van der Waals surface area contributed by atoms with Crippen LogP contribution < -0.4 is 4.74 Å². The monoisotopic (exact) mass is 379 g/mol. The predicted molar refractivity (Wildman–Crippen MR) is 96.5 cm³/mol. The van der Waals surface area contributed by atoms with Crippen molar-refractivity contribution in [3.8, 4) is 5.75 Å². The molecule has 1 saturated heterocycles. The standard InChI is InChI=1S/C21H27F2NO3/c1-20(26)10-16(11-20)18(25)24-12-21(13-24)7-6-15(9-21)8-14-2-4-17(5-3-14)27-19(22)23/h2-5,15-16,19,26H,6-13H2,1H3/t15?,16-,20+. The van der Waals surface area contributed by atoms with E-state index in [9.17, 15) is 18.7 Å². The lowest BCUT2D eigenvalue weighted by molar-refractivity contribution is -0.161.